The minimum atomic E-state index is -0.165. The van der Waals surface area contributed by atoms with Crippen LogP contribution >= 0.6 is 15.9 Å². The Morgan fingerprint density at radius 2 is 2.15 bits per heavy atom. The third kappa shape index (κ3) is 6.18. The van der Waals surface area contributed by atoms with Gasteiger partial charge in [-0.2, -0.15) is 4.98 Å². The zero-order chi connectivity index (χ0) is 14.8. The van der Waals surface area contributed by atoms with Gasteiger partial charge in [0.15, 0.2) is 0 Å². The van der Waals surface area contributed by atoms with Crippen LogP contribution < -0.4 is 10.6 Å². The van der Waals surface area contributed by atoms with Crippen LogP contribution in [0.2, 0.25) is 0 Å². The van der Waals surface area contributed by atoms with E-state index in [2.05, 4.69) is 43.5 Å². The van der Waals surface area contributed by atoms with E-state index in [0.717, 1.165) is 23.3 Å². The SMILES string of the molecule is CCCNc1ncc(Br)c(NCCCC(=O)OCC)n1. The van der Waals surface area contributed by atoms with E-state index in [9.17, 15) is 4.79 Å². The molecule has 2 N–H and O–H groups in total. The maximum absolute atomic E-state index is 11.2. The Morgan fingerprint density at radius 1 is 1.35 bits per heavy atom. The molecule has 0 atom stereocenters. The highest BCUT2D eigenvalue weighted by Gasteiger charge is 2.05. The van der Waals surface area contributed by atoms with Crippen molar-refractivity contribution in [3.8, 4) is 0 Å². The Kier molecular flexibility index (Phi) is 7.94. The molecule has 1 heterocycles. The fourth-order valence-electron chi connectivity index (χ4n) is 1.49. The van der Waals surface area contributed by atoms with E-state index in [1.807, 2.05) is 0 Å². The second kappa shape index (κ2) is 9.52. The maximum Gasteiger partial charge on any atom is 0.305 e. The van der Waals surface area contributed by atoms with Gasteiger partial charge in [-0.15, -0.1) is 0 Å². The largest absolute Gasteiger partial charge is 0.466 e. The lowest BCUT2D eigenvalue weighted by molar-refractivity contribution is -0.143. The van der Waals surface area contributed by atoms with Crippen LogP contribution in [0.1, 0.15) is 33.1 Å². The molecular weight excluding hydrogens is 324 g/mol. The second-order valence-corrected chi connectivity index (χ2v) is 5.01. The van der Waals surface area contributed by atoms with Crippen LogP contribution in [-0.2, 0) is 9.53 Å². The van der Waals surface area contributed by atoms with Crippen molar-refractivity contribution in [1.82, 2.24) is 9.97 Å². The molecule has 7 heteroatoms. The number of rotatable bonds is 9. The lowest BCUT2D eigenvalue weighted by Crippen LogP contribution is -2.11. The molecule has 0 spiro atoms. The summed E-state index contributed by atoms with van der Waals surface area (Å²) in [5.74, 6) is 1.16. The van der Waals surface area contributed by atoms with Crippen LogP contribution in [0, 0.1) is 0 Å². The van der Waals surface area contributed by atoms with Crippen LogP contribution in [-0.4, -0.2) is 35.6 Å². The number of nitrogens with one attached hydrogen (secondary N) is 2. The molecule has 0 saturated carbocycles. The number of nitrogens with zero attached hydrogens (tertiary/aromatic N) is 2. The Balaban J connectivity index is 2.40. The average Bonchev–Trinajstić information content (AvgIpc) is 2.44. The van der Waals surface area contributed by atoms with Gasteiger partial charge in [0.25, 0.3) is 0 Å². The van der Waals surface area contributed by atoms with E-state index in [1.54, 1.807) is 13.1 Å². The normalized spacial score (nSPS) is 10.2. The minimum absolute atomic E-state index is 0.165. The van der Waals surface area contributed by atoms with Crippen LogP contribution in [0.5, 0.6) is 0 Å². The number of esters is 1. The molecule has 0 saturated heterocycles. The van der Waals surface area contributed by atoms with Gasteiger partial charge in [0, 0.05) is 25.7 Å². The average molecular weight is 345 g/mol. The molecule has 0 aliphatic heterocycles. The summed E-state index contributed by atoms with van der Waals surface area (Å²) in [7, 11) is 0. The standard InChI is InChI=1S/C13H21BrN4O2/c1-3-7-16-13-17-9-10(14)12(18-13)15-8-5-6-11(19)20-4-2/h9H,3-8H2,1-2H3,(H2,15,16,17,18). The van der Waals surface area contributed by atoms with Crippen molar-refractivity contribution in [2.75, 3.05) is 30.3 Å². The molecule has 0 amide bonds. The molecule has 0 aliphatic carbocycles. The molecular formula is C13H21BrN4O2. The van der Waals surface area contributed by atoms with Crippen molar-refractivity contribution in [3.63, 3.8) is 0 Å². The number of halogens is 1. The van der Waals surface area contributed by atoms with Gasteiger partial charge < -0.3 is 15.4 Å². The lowest BCUT2D eigenvalue weighted by Gasteiger charge is -2.09. The smallest absolute Gasteiger partial charge is 0.305 e. The van der Waals surface area contributed by atoms with Crippen LogP contribution in [0.3, 0.4) is 0 Å². The molecule has 0 unspecified atom stereocenters. The predicted molar refractivity (Wildman–Crippen MR) is 82.9 cm³/mol. The van der Waals surface area contributed by atoms with Gasteiger partial charge in [-0.1, -0.05) is 6.92 Å². The first-order valence-electron chi connectivity index (χ1n) is 6.83. The molecule has 0 radical (unpaired) electrons. The van der Waals surface area contributed by atoms with E-state index in [0.29, 0.717) is 31.9 Å². The lowest BCUT2D eigenvalue weighted by atomic mass is 10.3. The fourth-order valence-corrected chi connectivity index (χ4v) is 1.82. The van der Waals surface area contributed by atoms with E-state index in [1.165, 1.54) is 0 Å². The highest BCUT2D eigenvalue weighted by molar-refractivity contribution is 9.10. The number of carbonyl (C=O) groups excluding carboxylic acids is 1. The van der Waals surface area contributed by atoms with Gasteiger partial charge in [-0.05, 0) is 35.7 Å². The molecule has 0 aromatic carbocycles. The van der Waals surface area contributed by atoms with Crippen LogP contribution in [0.4, 0.5) is 11.8 Å². The Bertz CT molecular complexity index is 429. The number of aromatic nitrogens is 2. The Hall–Kier alpha value is -1.37. The number of ether oxygens (including phenoxy) is 1. The molecule has 0 aliphatic rings. The zero-order valence-corrected chi connectivity index (χ0v) is 13.5. The summed E-state index contributed by atoms with van der Waals surface area (Å²) in [5.41, 5.74) is 0. The molecule has 0 bridgehead atoms. The molecule has 6 nitrogen and oxygen atoms in total. The highest BCUT2D eigenvalue weighted by Crippen LogP contribution is 2.20. The van der Waals surface area contributed by atoms with E-state index in [4.69, 9.17) is 4.74 Å². The monoisotopic (exact) mass is 344 g/mol. The molecule has 20 heavy (non-hydrogen) atoms. The topological polar surface area (TPSA) is 76.1 Å². The quantitative estimate of drug-likeness (QED) is 0.529. The maximum atomic E-state index is 11.2. The zero-order valence-electron chi connectivity index (χ0n) is 11.9. The summed E-state index contributed by atoms with van der Waals surface area (Å²) >= 11 is 3.40. The van der Waals surface area contributed by atoms with E-state index in [-0.39, 0.29) is 5.97 Å². The third-order valence-corrected chi connectivity index (χ3v) is 3.01. The molecule has 1 aromatic heterocycles. The van der Waals surface area contributed by atoms with Crippen molar-refractivity contribution in [1.29, 1.82) is 0 Å². The first kappa shape index (κ1) is 16.7. The highest BCUT2D eigenvalue weighted by atomic mass is 79.9. The van der Waals surface area contributed by atoms with E-state index < -0.39 is 0 Å². The summed E-state index contributed by atoms with van der Waals surface area (Å²) in [6.45, 7) is 5.81. The van der Waals surface area contributed by atoms with Gasteiger partial charge in [0.1, 0.15) is 5.82 Å². The third-order valence-electron chi connectivity index (χ3n) is 2.43. The predicted octanol–water partition coefficient (Wildman–Crippen LogP) is 2.82. The first-order valence-corrected chi connectivity index (χ1v) is 7.62. The molecule has 1 rings (SSSR count). The van der Waals surface area contributed by atoms with Crippen molar-refractivity contribution in [2.45, 2.75) is 33.1 Å². The fraction of sp³-hybridized carbons (Fsp3) is 0.615. The van der Waals surface area contributed by atoms with Gasteiger partial charge in [0.2, 0.25) is 5.95 Å². The number of anilines is 2. The summed E-state index contributed by atoms with van der Waals surface area (Å²) < 4.78 is 5.67. The van der Waals surface area contributed by atoms with Gasteiger partial charge in [0.05, 0.1) is 11.1 Å². The van der Waals surface area contributed by atoms with Crippen molar-refractivity contribution >= 4 is 33.7 Å². The molecule has 112 valence electrons. The van der Waals surface area contributed by atoms with Gasteiger partial charge >= 0.3 is 5.97 Å². The first-order chi connectivity index (χ1) is 9.67. The van der Waals surface area contributed by atoms with E-state index >= 15 is 0 Å². The molecule has 1 aromatic rings. The molecule has 0 fully saturated rings. The van der Waals surface area contributed by atoms with Crippen LogP contribution in [0.25, 0.3) is 0 Å². The Labute approximate surface area is 127 Å². The van der Waals surface area contributed by atoms with Gasteiger partial charge in [-0.25, -0.2) is 4.98 Å². The van der Waals surface area contributed by atoms with Crippen molar-refractivity contribution in [2.24, 2.45) is 0 Å². The summed E-state index contributed by atoms with van der Waals surface area (Å²) in [6.07, 6.45) is 3.83. The van der Waals surface area contributed by atoms with Gasteiger partial charge in [-0.3, -0.25) is 4.79 Å². The number of hydrogen-bond acceptors (Lipinski definition) is 6. The Morgan fingerprint density at radius 3 is 2.85 bits per heavy atom. The number of hydrogen-bond donors (Lipinski definition) is 2. The van der Waals surface area contributed by atoms with Crippen molar-refractivity contribution < 1.29 is 9.53 Å². The summed E-state index contributed by atoms with van der Waals surface area (Å²) in [5, 5.41) is 6.31. The van der Waals surface area contributed by atoms with Crippen molar-refractivity contribution in [3.05, 3.63) is 10.7 Å². The minimum Gasteiger partial charge on any atom is -0.466 e. The van der Waals surface area contributed by atoms with Crippen LogP contribution in [0.15, 0.2) is 10.7 Å². The summed E-state index contributed by atoms with van der Waals surface area (Å²) in [4.78, 5) is 19.7. The number of carbonyl (C=O) groups is 1. The second-order valence-electron chi connectivity index (χ2n) is 4.15. The summed E-state index contributed by atoms with van der Waals surface area (Å²) in [6, 6.07) is 0.